The number of carbonyl (C=O) groups excluding carboxylic acids is 1. The van der Waals surface area contributed by atoms with Crippen molar-refractivity contribution in [3.05, 3.63) is 82.1 Å². The van der Waals surface area contributed by atoms with Crippen LogP contribution in [0.4, 0.5) is 5.69 Å². The van der Waals surface area contributed by atoms with Crippen molar-refractivity contribution in [1.82, 2.24) is 4.98 Å². The molecule has 0 bridgehead atoms. The predicted molar refractivity (Wildman–Crippen MR) is 113 cm³/mol. The summed E-state index contributed by atoms with van der Waals surface area (Å²) in [5, 5.41) is 2.91. The number of nitrogens with zero attached hydrogens (tertiary/aromatic N) is 1. The molecule has 1 N–H and O–H groups in total. The van der Waals surface area contributed by atoms with Gasteiger partial charge in [-0.15, -0.1) is 0 Å². The van der Waals surface area contributed by atoms with Crippen molar-refractivity contribution in [2.75, 3.05) is 11.9 Å². The second kappa shape index (κ2) is 9.37. The molecule has 1 aromatic heterocycles. The molecule has 0 aliphatic heterocycles. The molecule has 0 radical (unpaired) electrons. The fourth-order valence-electron chi connectivity index (χ4n) is 2.61. The fraction of sp³-hybridized carbons (Fsp3) is 0.182. The van der Waals surface area contributed by atoms with Crippen LogP contribution in [0.1, 0.15) is 28.4 Å². The molecular weight excluding hydrogens is 420 g/mol. The molecule has 0 aliphatic rings. The zero-order chi connectivity index (χ0) is 19.9. The third-order valence-electron chi connectivity index (χ3n) is 4.04. The molecule has 28 heavy (non-hydrogen) atoms. The first-order valence-electron chi connectivity index (χ1n) is 8.93. The number of benzene rings is 2. The summed E-state index contributed by atoms with van der Waals surface area (Å²) in [6, 6.07) is 14.6. The van der Waals surface area contributed by atoms with Crippen LogP contribution in [-0.2, 0) is 6.61 Å². The Morgan fingerprint density at radius 3 is 2.68 bits per heavy atom. The monoisotopic (exact) mass is 440 g/mol. The highest BCUT2D eigenvalue weighted by Crippen LogP contribution is 2.30. The Labute approximate surface area is 172 Å². The van der Waals surface area contributed by atoms with E-state index in [1.54, 1.807) is 30.6 Å². The number of halogens is 1. The molecular formula is C22H21BrN2O3. The minimum Gasteiger partial charge on any atom is -0.490 e. The highest BCUT2D eigenvalue weighted by Gasteiger charge is 2.13. The number of hydrogen-bond acceptors (Lipinski definition) is 4. The summed E-state index contributed by atoms with van der Waals surface area (Å²) in [6.07, 6.45) is 3.47. The quantitative estimate of drug-likeness (QED) is 0.535. The Bertz CT molecular complexity index is 961. The molecule has 0 saturated heterocycles. The first-order valence-corrected chi connectivity index (χ1v) is 9.72. The molecule has 0 saturated carbocycles. The van der Waals surface area contributed by atoms with Gasteiger partial charge >= 0.3 is 0 Å². The lowest BCUT2D eigenvalue weighted by Gasteiger charge is -2.14. The summed E-state index contributed by atoms with van der Waals surface area (Å²) < 4.78 is 12.5. The number of amides is 1. The van der Waals surface area contributed by atoms with Crippen LogP contribution < -0.4 is 14.8 Å². The number of rotatable bonds is 7. The van der Waals surface area contributed by atoms with E-state index in [1.165, 1.54) is 0 Å². The molecule has 3 aromatic rings. The van der Waals surface area contributed by atoms with Crippen LogP contribution in [0, 0.1) is 6.92 Å². The Morgan fingerprint density at radius 2 is 1.96 bits per heavy atom. The Kier molecular flexibility index (Phi) is 6.66. The Balaban J connectivity index is 1.75. The minimum absolute atomic E-state index is 0.207. The number of carbonyl (C=O) groups is 1. The molecule has 0 unspecified atom stereocenters. The lowest BCUT2D eigenvalue weighted by atomic mass is 10.1. The zero-order valence-corrected chi connectivity index (χ0v) is 17.3. The van der Waals surface area contributed by atoms with Gasteiger partial charge in [0.25, 0.3) is 5.91 Å². The van der Waals surface area contributed by atoms with Gasteiger partial charge in [0.15, 0.2) is 11.5 Å². The maximum atomic E-state index is 12.6. The number of aromatic nitrogens is 1. The van der Waals surface area contributed by atoms with E-state index in [9.17, 15) is 4.79 Å². The standard InChI is InChI=1S/C22H21BrN2O3/c1-3-27-21-12-17(22(26)25-18-7-8-19(23)15(2)11-18)6-9-20(21)28-14-16-5-4-10-24-13-16/h4-13H,3,14H2,1-2H3,(H,25,26). The van der Waals surface area contributed by atoms with Gasteiger partial charge in [0.2, 0.25) is 0 Å². The molecule has 0 aliphatic carbocycles. The second-order valence-corrected chi connectivity index (χ2v) is 7.02. The average Bonchev–Trinajstić information content (AvgIpc) is 2.71. The van der Waals surface area contributed by atoms with Gasteiger partial charge < -0.3 is 14.8 Å². The molecule has 5 nitrogen and oxygen atoms in total. The highest BCUT2D eigenvalue weighted by atomic mass is 79.9. The minimum atomic E-state index is -0.207. The van der Waals surface area contributed by atoms with E-state index >= 15 is 0 Å². The number of pyridine rings is 1. The third-order valence-corrected chi connectivity index (χ3v) is 4.93. The van der Waals surface area contributed by atoms with Crippen LogP contribution in [0.15, 0.2) is 65.4 Å². The van der Waals surface area contributed by atoms with Crippen molar-refractivity contribution < 1.29 is 14.3 Å². The third kappa shape index (κ3) is 5.10. The average molecular weight is 441 g/mol. The number of hydrogen-bond donors (Lipinski definition) is 1. The molecule has 144 valence electrons. The number of aryl methyl sites for hydroxylation is 1. The zero-order valence-electron chi connectivity index (χ0n) is 15.7. The van der Waals surface area contributed by atoms with Crippen molar-refractivity contribution in [2.24, 2.45) is 0 Å². The number of ether oxygens (including phenoxy) is 2. The normalized spacial score (nSPS) is 10.4. The summed E-state index contributed by atoms with van der Waals surface area (Å²) in [7, 11) is 0. The fourth-order valence-corrected chi connectivity index (χ4v) is 2.85. The van der Waals surface area contributed by atoms with Gasteiger partial charge in [-0.25, -0.2) is 0 Å². The van der Waals surface area contributed by atoms with Crippen molar-refractivity contribution in [1.29, 1.82) is 0 Å². The number of nitrogens with one attached hydrogen (secondary N) is 1. The largest absolute Gasteiger partial charge is 0.490 e. The molecule has 1 heterocycles. The molecule has 0 spiro atoms. The molecule has 0 fully saturated rings. The summed E-state index contributed by atoms with van der Waals surface area (Å²) in [4.78, 5) is 16.7. The summed E-state index contributed by atoms with van der Waals surface area (Å²) in [5.41, 5.74) is 3.24. The van der Waals surface area contributed by atoms with E-state index in [2.05, 4.69) is 26.2 Å². The van der Waals surface area contributed by atoms with E-state index in [-0.39, 0.29) is 5.91 Å². The molecule has 6 heteroatoms. The van der Waals surface area contributed by atoms with Crippen molar-refractivity contribution in [3.63, 3.8) is 0 Å². The van der Waals surface area contributed by atoms with E-state index in [0.29, 0.717) is 30.3 Å². The lowest BCUT2D eigenvalue weighted by Crippen LogP contribution is -2.12. The summed E-state index contributed by atoms with van der Waals surface area (Å²) >= 11 is 3.46. The number of anilines is 1. The summed E-state index contributed by atoms with van der Waals surface area (Å²) in [5.74, 6) is 0.911. The lowest BCUT2D eigenvalue weighted by molar-refractivity contribution is 0.102. The first kappa shape index (κ1) is 19.9. The van der Waals surface area contributed by atoms with Gasteiger partial charge in [0, 0.05) is 33.7 Å². The summed E-state index contributed by atoms with van der Waals surface area (Å²) in [6.45, 7) is 4.71. The van der Waals surface area contributed by atoms with Crippen LogP contribution in [-0.4, -0.2) is 17.5 Å². The topological polar surface area (TPSA) is 60.5 Å². The van der Waals surface area contributed by atoms with E-state index < -0.39 is 0 Å². The van der Waals surface area contributed by atoms with Crippen LogP contribution in [0.25, 0.3) is 0 Å². The Hall–Kier alpha value is -2.86. The van der Waals surface area contributed by atoms with Crippen LogP contribution in [0.5, 0.6) is 11.5 Å². The van der Waals surface area contributed by atoms with Crippen LogP contribution >= 0.6 is 15.9 Å². The van der Waals surface area contributed by atoms with Gasteiger partial charge in [-0.05, 0) is 61.9 Å². The van der Waals surface area contributed by atoms with Gasteiger partial charge in [0.05, 0.1) is 6.61 Å². The predicted octanol–water partition coefficient (Wildman–Crippen LogP) is 5.38. The van der Waals surface area contributed by atoms with E-state index in [4.69, 9.17) is 9.47 Å². The molecule has 3 rings (SSSR count). The van der Waals surface area contributed by atoms with Crippen molar-refractivity contribution >= 4 is 27.5 Å². The smallest absolute Gasteiger partial charge is 0.255 e. The van der Waals surface area contributed by atoms with Crippen LogP contribution in [0.3, 0.4) is 0 Å². The Morgan fingerprint density at radius 1 is 1.11 bits per heavy atom. The maximum Gasteiger partial charge on any atom is 0.255 e. The van der Waals surface area contributed by atoms with Gasteiger partial charge in [-0.2, -0.15) is 0 Å². The molecule has 1 amide bonds. The second-order valence-electron chi connectivity index (χ2n) is 6.16. The molecule has 2 aromatic carbocycles. The van der Waals surface area contributed by atoms with Crippen LogP contribution in [0.2, 0.25) is 0 Å². The molecule has 0 atom stereocenters. The highest BCUT2D eigenvalue weighted by molar-refractivity contribution is 9.10. The van der Waals surface area contributed by atoms with Gasteiger partial charge in [-0.3, -0.25) is 9.78 Å². The van der Waals surface area contributed by atoms with Crippen molar-refractivity contribution in [3.8, 4) is 11.5 Å². The first-order chi connectivity index (χ1) is 13.6. The van der Waals surface area contributed by atoms with E-state index in [0.717, 1.165) is 21.3 Å². The SMILES string of the molecule is CCOc1cc(C(=O)Nc2ccc(Br)c(C)c2)ccc1OCc1cccnc1. The van der Waals surface area contributed by atoms with E-state index in [1.807, 2.05) is 44.2 Å². The van der Waals surface area contributed by atoms with Gasteiger partial charge in [0.1, 0.15) is 6.61 Å². The van der Waals surface area contributed by atoms with Gasteiger partial charge in [-0.1, -0.05) is 22.0 Å². The maximum absolute atomic E-state index is 12.6. The van der Waals surface area contributed by atoms with Crippen molar-refractivity contribution in [2.45, 2.75) is 20.5 Å².